The van der Waals surface area contributed by atoms with Crippen LogP contribution in [0.15, 0.2) is 36.8 Å². The molecule has 8 nitrogen and oxygen atoms in total. The quantitative estimate of drug-likeness (QED) is 0.492. The van der Waals surface area contributed by atoms with Gasteiger partial charge >= 0.3 is 0 Å². The van der Waals surface area contributed by atoms with Gasteiger partial charge in [0.2, 0.25) is 0 Å². The number of carbonyl (C=O) groups is 1. The molecular weight excluding hydrogens is 414 g/mol. The van der Waals surface area contributed by atoms with Gasteiger partial charge in [-0.25, -0.2) is 14.5 Å². The summed E-state index contributed by atoms with van der Waals surface area (Å²) in [4.78, 5) is 22.0. The lowest BCUT2D eigenvalue weighted by atomic mass is 9.83. The van der Waals surface area contributed by atoms with Crippen LogP contribution in [0.3, 0.4) is 0 Å². The van der Waals surface area contributed by atoms with Gasteiger partial charge in [0, 0.05) is 31.0 Å². The molecule has 9 heteroatoms. The molecule has 0 aliphatic heterocycles. The number of aromatic nitrogens is 4. The van der Waals surface area contributed by atoms with Gasteiger partial charge in [-0.1, -0.05) is 0 Å². The van der Waals surface area contributed by atoms with E-state index < -0.39 is 0 Å². The highest BCUT2D eigenvalue weighted by Gasteiger charge is 2.25. The summed E-state index contributed by atoms with van der Waals surface area (Å²) < 4.78 is 8.10. The molecule has 3 heterocycles. The van der Waals surface area contributed by atoms with Crippen LogP contribution in [0, 0.1) is 5.92 Å². The van der Waals surface area contributed by atoms with Crippen molar-refractivity contribution in [2.45, 2.75) is 31.6 Å². The van der Waals surface area contributed by atoms with Gasteiger partial charge < -0.3 is 15.2 Å². The Kier molecular flexibility index (Phi) is 5.29. The van der Waals surface area contributed by atoms with Crippen molar-refractivity contribution in [3.05, 3.63) is 47.4 Å². The van der Waals surface area contributed by atoms with Crippen molar-refractivity contribution in [2.24, 2.45) is 5.92 Å². The second kappa shape index (κ2) is 8.24. The van der Waals surface area contributed by atoms with Crippen molar-refractivity contribution in [3.63, 3.8) is 0 Å². The molecule has 1 aliphatic rings. The number of benzene rings is 1. The Bertz CT molecular complexity index is 1240. The molecule has 0 spiro atoms. The van der Waals surface area contributed by atoms with Crippen molar-refractivity contribution in [1.29, 1.82) is 0 Å². The number of thiazole rings is 1. The molecule has 0 saturated heterocycles. The number of amides is 1. The number of hydrogen-bond donors (Lipinski definition) is 2. The van der Waals surface area contributed by atoms with Crippen LogP contribution in [0.5, 0.6) is 5.75 Å². The Labute approximate surface area is 182 Å². The Morgan fingerprint density at radius 3 is 2.94 bits per heavy atom. The number of anilines is 1. The number of rotatable bonds is 5. The van der Waals surface area contributed by atoms with E-state index in [4.69, 9.17) is 9.72 Å². The molecule has 1 fully saturated rings. The summed E-state index contributed by atoms with van der Waals surface area (Å²) >= 11 is 1.66. The molecule has 2 N–H and O–H groups in total. The molecule has 1 aromatic carbocycles. The van der Waals surface area contributed by atoms with E-state index in [9.17, 15) is 9.90 Å². The fourth-order valence-corrected chi connectivity index (χ4v) is 5.34. The molecule has 3 aromatic heterocycles. The minimum Gasteiger partial charge on any atom is -0.494 e. The van der Waals surface area contributed by atoms with Crippen LogP contribution in [0.1, 0.15) is 47.0 Å². The third-order valence-corrected chi connectivity index (χ3v) is 7.13. The Morgan fingerprint density at radius 2 is 2.16 bits per heavy atom. The molecule has 4 aromatic rings. The third-order valence-electron chi connectivity index (χ3n) is 5.95. The molecule has 160 valence electrons. The average molecular weight is 438 g/mol. The topological polar surface area (TPSA) is 102 Å². The summed E-state index contributed by atoms with van der Waals surface area (Å²) in [5.41, 5.74) is 2.36. The first-order valence-corrected chi connectivity index (χ1v) is 11.2. The number of aliphatic hydroxyl groups is 1. The standard InChI is InChI=1S/C22H23N5O3S/c1-30-18-9-17-19(31-22(26-17)14-5-3-13(12-28)4-6-14)10-16(18)25-21(29)15-11-24-27-8-2-7-23-20(15)27/h2,7-11,13-14,28H,3-6,12H2,1H3,(H,25,29)/t13-,14-. The molecule has 1 aliphatic carbocycles. The lowest BCUT2D eigenvalue weighted by Crippen LogP contribution is -2.15. The second-order valence-corrected chi connectivity index (χ2v) is 8.94. The van der Waals surface area contributed by atoms with Crippen molar-refractivity contribution >= 4 is 38.8 Å². The maximum absolute atomic E-state index is 12.9. The highest BCUT2D eigenvalue weighted by Crippen LogP contribution is 2.41. The molecular formula is C22H23N5O3S. The highest BCUT2D eigenvalue weighted by molar-refractivity contribution is 7.18. The Hall–Kier alpha value is -3.04. The average Bonchev–Trinajstić information content (AvgIpc) is 3.42. The smallest absolute Gasteiger partial charge is 0.261 e. The van der Waals surface area contributed by atoms with Gasteiger partial charge in [0.15, 0.2) is 5.65 Å². The van der Waals surface area contributed by atoms with E-state index in [1.165, 1.54) is 6.20 Å². The van der Waals surface area contributed by atoms with E-state index in [-0.39, 0.29) is 12.5 Å². The zero-order valence-electron chi connectivity index (χ0n) is 17.1. The van der Waals surface area contributed by atoms with Crippen LogP contribution < -0.4 is 10.1 Å². The molecule has 1 saturated carbocycles. The van der Waals surface area contributed by atoms with E-state index in [1.807, 2.05) is 12.1 Å². The van der Waals surface area contributed by atoms with Crippen LogP contribution in [-0.4, -0.2) is 44.3 Å². The van der Waals surface area contributed by atoms with Crippen molar-refractivity contribution < 1.29 is 14.6 Å². The van der Waals surface area contributed by atoms with Crippen LogP contribution in [0.2, 0.25) is 0 Å². The molecule has 0 bridgehead atoms. The van der Waals surface area contributed by atoms with Crippen molar-refractivity contribution in [1.82, 2.24) is 19.6 Å². The number of fused-ring (bicyclic) bond motifs is 2. The zero-order valence-corrected chi connectivity index (χ0v) is 17.9. The number of hydrogen-bond acceptors (Lipinski definition) is 7. The molecule has 1 amide bonds. The Balaban J connectivity index is 1.42. The predicted octanol–water partition coefficient (Wildman–Crippen LogP) is 3.87. The SMILES string of the molecule is COc1cc2nc([C@H]3CC[C@H](CO)CC3)sc2cc1NC(=O)c1cnn2cccnc12. The van der Waals surface area contributed by atoms with Crippen molar-refractivity contribution in [2.75, 3.05) is 19.0 Å². The third kappa shape index (κ3) is 3.75. The predicted molar refractivity (Wildman–Crippen MR) is 119 cm³/mol. The van der Waals surface area contributed by atoms with Crippen molar-refractivity contribution in [3.8, 4) is 5.75 Å². The Morgan fingerprint density at radius 1 is 1.32 bits per heavy atom. The summed E-state index contributed by atoms with van der Waals surface area (Å²) in [6.07, 6.45) is 9.06. The van der Waals surface area contributed by atoms with E-state index >= 15 is 0 Å². The minimum atomic E-state index is -0.293. The van der Waals surface area contributed by atoms with E-state index in [0.29, 0.717) is 34.5 Å². The maximum atomic E-state index is 12.9. The molecule has 31 heavy (non-hydrogen) atoms. The first kappa shape index (κ1) is 19.9. The van der Waals surface area contributed by atoms with Crippen LogP contribution in [-0.2, 0) is 0 Å². The summed E-state index contributed by atoms with van der Waals surface area (Å²) in [7, 11) is 1.58. The van der Waals surface area contributed by atoms with E-state index in [0.717, 1.165) is 40.9 Å². The summed E-state index contributed by atoms with van der Waals surface area (Å²) in [5, 5.41) is 17.6. The number of ether oxygens (including phenoxy) is 1. The molecule has 5 rings (SSSR count). The molecule has 0 unspecified atom stereocenters. The first-order chi connectivity index (χ1) is 15.2. The summed E-state index contributed by atoms with van der Waals surface area (Å²) in [6, 6.07) is 5.56. The molecule has 0 radical (unpaired) electrons. The van der Waals surface area contributed by atoms with Gasteiger partial charge in [-0.15, -0.1) is 11.3 Å². The second-order valence-electron chi connectivity index (χ2n) is 7.87. The lowest BCUT2D eigenvalue weighted by Gasteiger charge is -2.25. The number of aliphatic hydroxyl groups excluding tert-OH is 1. The lowest BCUT2D eigenvalue weighted by molar-refractivity contribution is 0.102. The van der Waals surface area contributed by atoms with E-state index in [2.05, 4.69) is 15.4 Å². The minimum absolute atomic E-state index is 0.273. The number of carbonyl (C=O) groups excluding carboxylic acids is 1. The van der Waals surface area contributed by atoms with E-state index in [1.54, 1.807) is 41.4 Å². The monoisotopic (exact) mass is 437 g/mol. The highest BCUT2D eigenvalue weighted by atomic mass is 32.1. The summed E-state index contributed by atoms with van der Waals surface area (Å²) in [5.74, 6) is 1.11. The first-order valence-electron chi connectivity index (χ1n) is 10.3. The zero-order chi connectivity index (χ0) is 21.4. The van der Waals surface area contributed by atoms with Crippen LogP contribution in [0.25, 0.3) is 15.9 Å². The number of nitrogens with one attached hydrogen (secondary N) is 1. The maximum Gasteiger partial charge on any atom is 0.261 e. The van der Waals surface area contributed by atoms with Crippen LogP contribution in [0.4, 0.5) is 5.69 Å². The van der Waals surface area contributed by atoms with Gasteiger partial charge in [-0.3, -0.25) is 4.79 Å². The van der Waals surface area contributed by atoms with Gasteiger partial charge in [0.05, 0.1) is 34.2 Å². The molecule has 0 atom stereocenters. The summed E-state index contributed by atoms with van der Waals surface area (Å²) in [6.45, 7) is 0.273. The largest absolute Gasteiger partial charge is 0.494 e. The fraction of sp³-hybridized carbons (Fsp3) is 0.364. The van der Waals surface area contributed by atoms with Gasteiger partial charge in [0.25, 0.3) is 5.91 Å². The van der Waals surface area contributed by atoms with Crippen LogP contribution >= 0.6 is 11.3 Å². The number of nitrogens with zero attached hydrogens (tertiary/aromatic N) is 4. The van der Waals surface area contributed by atoms with Gasteiger partial charge in [-0.05, 0) is 43.7 Å². The number of methoxy groups -OCH3 is 1. The fourth-order valence-electron chi connectivity index (χ4n) is 4.18. The van der Waals surface area contributed by atoms with Gasteiger partial charge in [0.1, 0.15) is 11.3 Å². The normalized spacial score (nSPS) is 19.0. The van der Waals surface area contributed by atoms with Gasteiger partial charge in [-0.2, -0.15) is 5.10 Å².